The van der Waals surface area contributed by atoms with Crippen molar-refractivity contribution >= 4 is 0 Å². The molecule has 3 N–H and O–H groups in total. The average Bonchev–Trinajstić information content (AvgIpc) is 2.86. The molecule has 0 bridgehead atoms. The summed E-state index contributed by atoms with van der Waals surface area (Å²) in [5.74, 6) is 7.12. The molecular weight excluding hydrogens is 244 g/mol. The number of ether oxygens (including phenoxy) is 2. The molecule has 1 aromatic carbocycles. The van der Waals surface area contributed by atoms with Gasteiger partial charge in [-0.05, 0) is 12.1 Å². The van der Waals surface area contributed by atoms with Gasteiger partial charge in [-0.2, -0.15) is 5.10 Å². The zero-order valence-corrected chi connectivity index (χ0v) is 11.3. The fourth-order valence-electron chi connectivity index (χ4n) is 2.01. The van der Waals surface area contributed by atoms with Crippen LogP contribution in [0.2, 0.25) is 0 Å². The van der Waals surface area contributed by atoms with E-state index < -0.39 is 0 Å². The van der Waals surface area contributed by atoms with Gasteiger partial charge in [-0.15, -0.1) is 0 Å². The Balaban J connectivity index is 2.43. The van der Waals surface area contributed by atoms with Gasteiger partial charge in [-0.25, -0.2) is 5.43 Å². The third-order valence-electron chi connectivity index (χ3n) is 2.98. The number of hydrogen-bond donors (Lipinski definition) is 2. The average molecular weight is 262 g/mol. The third kappa shape index (κ3) is 2.69. The Morgan fingerprint density at radius 3 is 2.63 bits per heavy atom. The van der Waals surface area contributed by atoms with Crippen molar-refractivity contribution in [1.29, 1.82) is 0 Å². The van der Waals surface area contributed by atoms with E-state index in [4.69, 9.17) is 15.3 Å². The standard InChI is InChI=1S/C13H18N4O2/c1-17-8-9(7-15-17)13(16-14)11-5-4-10(18-2)6-12(11)19-3/h4-8,13,16H,14H2,1-3H3. The Hall–Kier alpha value is -2.05. The minimum absolute atomic E-state index is 0.186. The zero-order chi connectivity index (χ0) is 13.8. The van der Waals surface area contributed by atoms with Crippen molar-refractivity contribution in [3.63, 3.8) is 0 Å². The highest BCUT2D eigenvalue weighted by molar-refractivity contribution is 5.45. The van der Waals surface area contributed by atoms with E-state index in [1.54, 1.807) is 25.1 Å². The summed E-state index contributed by atoms with van der Waals surface area (Å²) < 4.78 is 12.3. The lowest BCUT2D eigenvalue weighted by molar-refractivity contribution is 0.387. The van der Waals surface area contributed by atoms with Gasteiger partial charge in [0.15, 0.2) is 0 Å². The van der Waals surface area contributed by atoms with Crippen LogP contribution in [-0.2, 0) is 7.05 Å². The van der Waals surface area contributed by atoms with Crippen molar-refractivity contribution in [3.8, 4) is 11.5 Å². The smallest absolute Gasteiger partial charge is 0.127 e. The van der Waals surface area contributed by atoms with Crippen LogP contribution in [0, 0.1) is 0 Å². The molecule has 0 saturated carbocycles. The summed E-state index contributed by atoms with van der Waals surface area (Å²) in [5, 5.41) is 4.16. The second-order valence-electron chi connectivity index (χ2n) is 4.15. The minimum Gasteiger partial charge on any atom is -0.497 e. The quantitative estimate of drug-likeness (QED) is 0.621. The largest absolute Gasteiger partial charge is 0.497 e. The van der Waals surface area contributed by atoms with Gasteiger partial charge in [-0.3, -0.25) is 10.5 Å². The van der Waals surface area contributed by atoms with Gasteiger partial charge < -0.3 is 9.47 Å². The summed E-state index contributed by atoms with van der Waals surface area (Å²) in [5.41, 5.74) is 4.68. The van der Waals surface area contributed by atoms with Crippen LogP contribution in [0.3, 0.4) is 0 Å². The van der Waals surface area contributed by atoms with E-state index in [1.165, 1.54) is 0 Å². The maximum Gasteiger partial charge on any atom is 0.127 e. The number of methoxy groups -OCH3 is 2. The first-order valence-electron chi connectivity index (χ1n) is 5.86. The van der Waals surface area contributed by atoms with E-state index in [0.717, 1.165) is 16.9 Å². The van der Waals surface area contributed by atoms with E-state index in [1.807, 2.05) is 31.4 Å². The van der Waals surface area contributed by atoms with Crippen LogP contribution in [0.5, 0.6) is 11.5 Å². The first-order valence-corrected chi connectivity index (χ1v) is 5.86. The first-order chi connectivity index (χ1) is 9.19. The van der Waals surface area contributed by atoms with Gasteiger partial charge in [0.25, 0.3) is 0 Å². The van der Waals surface area contributed by atoms with Crippen molar-refractivity contribution in [3.05, 3.63) is 41.7 Å². The molecule has 0 spiro atoms. The summed E-state index contributed by atoms with van der Waals surface area (Å²) in [6, 6.07) is 5.44. The molecule has 6 nitrogen and oxygen atoms in total. The number of aryl methyl sites for hydroxylation is 1. The van der Waals surface area contributed by atoms with Gasteiger partial charge in [0.05, 0.1) is 26.5 Å². The van der Waals surface area contributed by atoms with E-state index in [2.05, 4.69) is 10.5 Å². The van der Waals surface area contributed by atoms with Crippen LogP contribution in [-0.4, -0.2) is 24.0 Å². The van der Waals surface area contributed by atoms with Gasteiger partial charge in [0, 0.05) is 30.4 Å². The molecule has 19 heavy (non-hydrogen) atoms. The molecule has 6 heteroatoms. The number of nitrogens with one attached hydrogen (secondary N) is 1. The lowest BCUT2D eigenvalue weighted by Gasteiger charge is -2.18. The number of hydrazine groups is 1. The number of nitrogens with two attached hydrogens (primary N) is 1. The first kappa shape index (κ1) is 13.4. The minimum atomic E-state index is -0.186. The van der Waals surface area contributed by atoms with E-state index in [9.17, 15) is 0 Å². The van der Waals surface area contributed by atoms with Crippen molar-refractivity contribution in [1.82, 2.24) is 15.2 Å². The summed E-state index contributed by atoms with van der Waals surface area (Å²) in [6.07, 6.45) is 3.68. The van der Waals surface area contributed by atoms with Crippen molar-refractivity contribution in [2.75, 3.05) is 14.2 Å². The van der Waals surface area contributed by atoms with Crippen LogP contribution in [0.25, 0.3) is 0 Å². The summed E-state index contributed by atoms with van der Waals surface area (Å²) >= 11 is 0. The zero-order valence-electron chi connectivity index (χ0n) is 11.3. The molecule has 1 aromatic heterocycles. The summed E-state index contributed by atoms with van der Waals surface area (Å²) in [6.45, 7) is 0. The SMILES string of the molecule is COc1ccc(C(NN)c2cnn(C)c2)c(OC)c1. The highest BCUT2D eigenvalue weighted by Crippen LogP contribution is 2.32. The lowest BCUT2D eigenvalue weighted by Crippen LogP contribution is -2.29. The van der Waals surface area contributed by atoms with E-state index in [0.29, 0.717) is 5.75 Å². The molecule has 1 atom stereocenters. The fraction of sp³-hybridized carbons (Fsp3) is 0.308. The molecule has 1 unspecified atom stereocenters. The van der Waals surface area contributed by atoms with Gasteiger partial charge >= 0.3 is 0 Å². The molecule has 0 fully saturated rings. The Kier molecular flexibility index (Phi) is 4.03. The van der Waals surface area contributed by atoms with Crippen LogP contribution >= 0.6 is 0 Å². The Morgan fingerprint density at radius 1 is 1.32 bits per heavy atom. The van der Waals surface area contributed by atoms with Gasteiger partial charge in [-0.1, -0.05) is 0 Å². The monoisotopic (exact) mass is 262 g/mol. The Bertz CT molecular complexity index is 553. The molecule has 2 rings (SSSR count). The Morgan fingerprint density at radius 2 is 2.11 bits per heavy atom. The molecule has 1 heterocycles. The molecule has 0 saturated heterocycles. The highest BCUT2D eigenvalue weighted by atomic mass is 16.5. The molecule has 0 aliphatic heterocycles. The number of rotatable bonds is 5. The predicted octanol–water partition coefficient (Wildman–Crippen LogP) is 0.990. The predicted molar refractivity (Wildman–Crippen MR) is 71.9 cm³/mol. The summed E-state index contributed by atoms with van der Waals surface area (Å²) in [7, 11) is 5.10. The number of benzene rings is 1. The summed E-state index contributed by atoms with van der Waals surface area (Å²) in [4.78, 5) is 0. The maximum absolute atomic E-state index is 5.67. The lowest BCUT2D eigenvalue weighted by atomic mass is 10.0. The second kappa shape index (κ2) is 5.73. The van der Waals surface area contributed by atoms with Crippen molar-refractivity contribution in [2.24, 2.45) is 12.9 Å². The van der Waals surface area contributed by atoms with E-state index in [-0.39, 0.29) is 6.04 Å². The molecule has 2 aromatic rings. The molecular formula is C13H18N4O2. The molecule has 102 valence electrons. The number of nitrogens with zero attached hydrogens (tertiary/aromatic N) is 2. The third-order valence-corrected chi connectivity index (χ3v) is 2.98. The van der Waals surface area contributed by atoms with Crippen LogP contribution in [0.15, 0.2) is 30.6 Å². The van der Waals surface area contributed by atoms with Crippen LogP contribution in [0.1, 0.15) is 17.2 Å². The van der Waals surface area contributed by atoms with Gasteiger partial charge in [0.1, 0.15) is 11.5 Å². The number of aromatic nitrogens is 2. The molecule has 0 aliphatic rings. The van der Waals surface area contributed by atoms with Crippen LogP contribution < -0.4 is 20.7 Å². The maximum atomic E-state index is 5.67. The normalized spacial score (nSPS) is 12.2. The van der Waals surface area contributed by atoms with Crippen LogP contribution in [0.4, 0.5) is 0 Å². The molecule has 0 amide bonds. The molecule has 0 radical (unpaired) electrons. The van der Waals surface area contributed by atoms with Crippen molar-refractivity contribution in [2.45, 2.75) is 6.04 Å². The Labute approximate surface area is 112 Å². The van der Waals surface area contributed by atoms with Crippen molar-refractivity contribution < 1.29 is 9.47 Å². The topological polar surface area (TPSA) is 74.3 Å². The number of hydrogen-bond acceptors (Lipinski definition) is 5. The molecule has 0 aliphatic carbocycles. The second-order valence-corrected chi connectivity index (χ2v) is 4.15. The van der Waals surface area contributed by atoms with E-state index >= 15 is 0 Å². The highest BCUT2D eigenvalue weighted by Gasteiger charge is 2.18. The van der Waals surface area contributed by atoms with Gasteiger partial charge in [0.2, 0.25) is 0 Å². The fourth-order valence-corrected chi connectivity index (χ4v) is 2.01.